The normalized spacial score (nSPS) is 11.7. The molecule has 0 fully saturated rings. The Kier molecular flexibility index (Phi) is 4.85. The number of halogens is 1. The second-order valence-electron chi connectivity index (χ2n) is 7.07. The number of carboxylic acid groups (broad SMARTS) is 1. The third kappa shape index (κ3) is 3.39. The van der Waals surface area contributed by atoms with Crippen LogP contribution in [0.15, 0.2) is 64.2 Å². The van der Waals surface area contributed by atoms with E-state index in [2.05, 4.69) is 22.0 Å². The molecular weight excluding hydrogens is 450 g/mol. The summed E-state index contributed by atoms with van der Waals surface area (Å²) in [4.78, 5) is 16.5. The first-order chi connectivity index (χ1) is 13.8. The Morgan fingerprint density at radius 3 is 2.59 bits per heavy atom. The van der Waals surface area contributed by atoms with Gasteiger partial charge in [-0.05, 0) is 44.2 Å². The first kappa shape index (κ1) is 19.5. The zero-order valence-corrected chi connectivity index (χ0v) is 18.1. The van der Waals surface area contributed by atoms with Gasteiger partial charge in [-0.3, -0.25) is 9.36 Å². The van der Waals surface area contributed by atoms with Gasteiger partial charge in [0.05, 0.1) is 28.4 Å². The molecule has 0 spiro atoms. The van der Waals surface area contributed by atoms with E-state index >= 15 is 0 Å². The number of aromatic nitrogens is 2. The van der Waals surface area contributed by atoms with Gasteiger partial charge in [0.25, 0.3) is 0 Å². The van der Waals surface area contributed by atoms with Crippen LogP contribution in [0.2, 0.25) is 0 Å². The maximum atomic E-state index is 11.7. The molecule has 0 radical (unpaired) electrons. The van der Waals surface area contributed by atoms with E-state index in [1.807, 2.05) is 53.1 Å². The van der Waals surface area contributed by atoms with Crippen molar-refractivity contribution in [2.24, 2.45) is 0 Å². The molecule has 4 aromatic rings. The third-order valence-electron chi connectivity index (χ3n) is 4.71. The SMILES string of the molecule is CC(C)(Sc1nc2cc(Br)ccc2n1-c1ccc(C#N)c2ccccc12)C(=O)O. The zero-order chi connectivity index (χ0) is 20.8. The van der Waals surface area contributed by atoms with E-state index in [0.29, 0.717) is 10.7 Å². The highest BCUT2D eigenvalue weighted by atomic mass is 79.9. The van der Waals surface area contributed by atoms with Crippen LogP contribution in [0, 0.1) is 11.3 Å². The number of thioether (sulfide) groups is 1. The lowest BCUT2D eigenvalue weighted by atomic mass is 10.0. The summed E-state index contributed by atoms with van der Waals surface area (Å²) in [5, 5.41) is 21.4. The number of benzene rings is 3. The molecular formula is C22H16BrN3O2S. The maximum absolute atomic E-state index is 11.7. The molecule has 1 N–H and O–H groups in total. The maximum Gasteiger partial charge on any atom is 0.319 e. The summed E-state index contributed by atoms with van der Waals surface area (Å²) in [6.07, 6.45) is 0. The van der Waals surface area contributed by atoms with Gasteiger partial charge in [-0.1, -0.05) is 52.0 Å². The van der Waals surface area contributed by atoms with Crippen molar-refractivity contribution in [3.8, 4) is 11.8 Å². The molecule has 0 saturated carbocycles. The minimum atomic E-state index is -1.06. The second-order valence-corrected chi connectivity index (χ2v) is 9.58. The first-order valence-corrected chi connectivity index (χ1v) is 10.5. The van der Waals surface area contributed by atoms with Crippen molar-refractivity contribution in [2.75, 3.05) is 0 Å². The Balaban J connectivity index is 2.06. The van der Waals surface area contributed by atoms with Crippen molar-refractivity contribution in [3.63, 3.8) is 0 Å². The molecule has 1 aromatic heterocycles. The van der Waals surface area contributed by atoms with Crippen LogP contribution in [0.1, 0.15) is 19.4 Å². The van der Waals surface area contributed by atoms with Gasteiger partial charge in [-0.25, -0.2) is 4.98 Å². The molecule has 0 atom stereocenters. The average molecular weight is 466 g/mol. The number of fused-ring (bicyclic) bond motifs is 2. The van der Waals surface area contributed by atoms with E-state index < -0.39 is 10.7 Å². The van der Waals surface area contributed by atoms with Gasteiger partial charge in [0.2, 0.25) is 0 Å². The Labute approximate surface area is 180 Å². The number of rotatable bonds is 4. The van der Waals surface area contributed by atoms with E-state index in [1.54, 1.807) is 19.9 Å². The van der Waals surface area contributed by atoms with Crippen LogP contribution in [0.4, 0.5) is 0 Å². The summed E-state index contributed by atoms with van der Waals surface area (Å²) in [5.74, 6) is -0.910. The monoisotopic (exact) mass is 465 g/mol. The molecule has 29 heavy (non-hydrogen) atoms. The lowest BCUT2D eigenvalue weighted by Gasteiger charge is -2.19. The fourth-order valence-corrected chi connectivity index (χ4v) is 4.50. The lowest BCUT2D eigenvalue weighted by Crippen LogP contribution is -2.27. The minimum absolute atomic E-state index is 0.584. The largest absolute Gasteiger partial charge is 0.480 e. The summed E-state index contributed by atoms with van der Waals surface area (Å²) < 4.78 is 1.81. The summed E-state index contributed by atoms with van der Waals surface area (Å²) in [6.45, 7) is 3.33. The predicted octanol–water partition coefficient (Wildman–Crippen LogP) is 5.77. The van der Waals surface area contributed by atoms with Crippen LogP contribution in [0.5, 0.6) is 0 Å². The van der Waals surface area contributed by atoms with Crippen molar-refractivity contribution in [2.45, 2.75) is 23.8 Å². The summed E-state index contributed by atoms with van der Waals surface area (Å²) in [5.41, 5.74) is 3.08. The number of aliphatic carboxylic acids is 1. The second kappa shape index (κ2) is 7.21. The van der Waals surface area contributed by atoms with E-state index in [9.17, 15) is 15.2 Å². The topological polar surface area (TPSA) is 78.9 Å². The molecule has 0 bridgehead atoms. The van der Waals surface area contributed by atoms with Crippen molar-refractivity contribution in [3.05, 3.63) is 64.6 Å². The van der Waals surface area contributed by atoms with Crippen molar-refractivity contribution in [1.82, 2.24) is 9.55 Å². The number of hydrogen-bond acceptors (Lipinski definition) is 4. The number of carboxylic acids is 1. The quantitative estimate of drug-likeness (QED) is 0.387. The van der Waals surface area contributed by atoms with E-state index in [0.717, 1.165) is 32.0 Å². The molecule has 7 heteroatoms. The highest BCUT2D eigenvalue weighted by Gasteiger charge is 2.31. The molecule has 0 saturated heterocycles. The van der Waals surface area contributed by atoms with E-state index in [4.69, 9.17) is 4.98 Å². The molecule has 4 rings (SSSR count). The van der Waals surface area contributed by atoms with Gasteiger partial charge >= 0.3 is 5.97 Å². The first-order valence-electron chi connectivity index (χ1n) is 8.84. The fraction of sp³-hybridized carbons (Fsp3) is 0.136. The highest BCUT2D eigenvalue weighted by Crippen LogP contribution is 2.38. The van der Waals surface area contributed by atoms with Gasteiger partial charge in [0.15, 0.2) is 5.16 Å². The number of nitriles is 1. The Morgan fingerprint density at radius 2 is 1.90 bits per heavy atom. The number of imidazole rings is 1. The van der Waals surface area contributed by atoms with Crippen LogP contribution in [0.25, 0.3) is 27.5 Å². The highest BCUT2D eigenvalue weighted by molar-refractivity contribution is 9.10. The van der Waals surface area contributed by atoms with Crippen molar-refractivity contribution < 1.29 is 9.90 Å². The van der Waals surface area contributed by atoms with Crippen molar-refractivity contribution in [1.29, 1.82) is 5.26 Å². The number of nitrogens with zero attached hydrogens (tertiary/aromatic N) is 3. The summed E-state index contributed by atoms with van der Waals surface area (Å²) in [6, 6.07) is 19.4. The predicted molar refractivity (Wildman–Crippen MR) is 119 cm³/mol. The lowest BCUT2D eigenvalue weighted by molar-refractivity contribution is -0.138. The molecule has 5 nitrogen and oxygen atoms in total. The third-order valence-corrected chi connectivity index (χ3v) is 6.34. The molecule has 0 unspecified atom stereocenters. The molecule has 0 aliphatic rings. The molecule has 1 heterocycles. The standard InChI is InChI=1S/C22H16BrN3O2S/c1-22(2,20(27)28)29-21-25-17-11-14(23)8-10-19(17)26(21)18-9-7-13(12-24)15-5-3-4-6-16(15)18/h3-11H,1-2H3,(H,27,28). The molecule has 0 aliphatic heterocycles. The Bertz CT molecular complexity index is 1320. The van der Waals surface area contributed by atoms with Gasteiger partial charge in [0, 0.05) is 15.2 Å². The average Bonchev–Trinajstić information content (AvgIpc) is 3.02. The van der Waals surface area contributed by atoms with Gasteiger partial charge in [0.1, 0.15) is 4.75 Å². The van der Waals surface area contributed by atoms with Gasteiger partial charge in [-0.15, -0.1) is 0 Å². The van der Waals surface area contributed by atoms with E-state index in [1.165, 1.54) is 11.8 Å². The molecule has 3 aromatic carbocycles. The van der Waals surface area contributed by atoms with Crippen LogP contribution in [-0.2, 0) is 4.79 Å². The van der Waals surface area contributed by atoms with Crippen LogP contribution in [-0.4, -0.2) is 25.4 Å². The van der Waals surface area contributed by atoms with E-state index in [-0.39, 0.29) is 0 Å². The van der Waals surface area contributed by atoms with Crippen molar-refractivity contribution >= 4 is 55.5 Å². The summed E-state index contributed by atoms with van der Waals surface area (Å²) >= 11 is 4.68. The van der Waals surface area contributed by atoms with Gasteiger partial charge < -0.3 is 5.11 Å². The number of hydrogen-bond donors (Lipinski definition) is 1. The van der Waals surface area contributed by atoms with Gasteiger partial charge in [-0.2, -0.15) is 5.26 Å². The fourth-order valence-electron chi connectivity index (χ4n) is 3.18. The summed E-state index contributed by atoms with van der Waals surface area (Å²) in [7, 11) is 0. The minimum Gasteiger partial charge on any atom is -0.480 e. The molecule has 144 valence electrons. The smallest absolute Gasteiger partial charge is 0.319 e. The zero-order valence-electron chi connectivity index (χ0n) is 15.7. The van der Waals surface area contributed by atoms with Crippen LogP contribution >= 0.6 is 27.7 Å². The Hall–Kier alpha value is -2.82. The molecule has 0 amide bonds. The van der Waals surface area contributed by atoms with Crippen LogP contribution in [0.3, 0.4) is 0 Å². The number of carbonyl (C=O) groups is 1. The van der Waals surface area contributed by atoms with Crippen LogP contribution < -0.4 is 0 Å². The molecule has 0 aliphatic carbocycles. The Morgan fingerprint density at radius 1 is 1.17 bits per heavy atom.